The molecule has 1 saturated heterocycles. The van der Waals surface area contributed by atoms with Gasteiger partial charge in [0.2, 0.25) is 5.95 Å². The predicted octanol–water partition coefficient (Wildman–Crippen LogP) is 1.59. The first-order valence-corrected chi connectivity index (χ1v) is 9.17. The highest BCUT2D eigenvalue weighted by molar-refractivity contribution is 5.94. The average molecular weight is 365 g/mol. The van der Waals surface area contributed by atoms with E-state index in [1.165, 1.54) is 19.2 Å². The summed E-state index contributed by atoms with van der Waals surface area (Å²) in [6, 6.07) is 9.74. The lowest BCUT2D eigenvalue weighted by atomic mass is 10.1. The Balaban J connectivity index is 1.41. The molecule has 0 radical (unpaired) electrons. The van der Waals surface area contributed by atoms with E-state index in [0.717, 1.165) is 18.5 Å². The maximum absolute atomic E-state index is 12.4. The lowest BCUT2D eigenvalue weighted by molar-refractivity contribution is 0.0950. The smallest absolute Gasteiger partial charge is 0.251 e. The van der Waals surface area contributed by atoms with Gasteiger partial charge in [0.15, 0.2) is 5.65 Å². The largest absolute Gasteiger partial charge is 0.369 e. The second-order valence-corrected chi connectivity index (χ2v) is 6.96. The molecule has 1 aliphatic rings. The number of rotatable bonds is 5. The molecule has 3 N–H and O–H groups in total. The lowest BCUT2D eigenvalue weighted by Gasteiger charge is -2.19. The highest BCUT2D eigenvalue weighted by atomic mass is 16.1. The first-order chi connectivity index (χ1) is 13.1. The van der Waals surface area contributed by atoms with Crippen LogP contribution in [0.5, 0.6) is 0 Å². The fourth-order valence-corrected chi connectivity index (χ4v) is 3.59. The van der Waals surface area contributed by atoms with Gasteiger partial charge in [0.1, 0.15) is 6.33 Å². The van der Waals surface area contributed by atoms with Crippen LogP contribution in [0.3, 0.4) is 0 Å². The van der Waals surface area contributed by atoms with E-state index in [-0.39, 0.29) is 5.91 Å². The number of hydrogen-bond donors (Lipinski definition) is 2. The summed E-state index contributed by atoms with van der Waals surface area (Å²) in [7, 11) is 2.15. The Labute approximate surface area is 157 Å². The number of nitrogens with one attached hydrogen (secondary N) is 1. The van der Waals surface area contributed by atoms with E-state index in [4.69, 9.17) is 5.73 Å². The number of carbonyl (C=O) groups is 1. The van der Waals surface area contributed by atoms with Gasteiger partial charge >= 0.3 is 0 Å². The SMILES string of the molecule is CN1CCC[C@@H]1CCNC(=O)c1ccc(-c2cc3nncn3c(N)n2)cc1. The second-order valence-electron chi connectivity index (χ2n) is 6.96. The quantitative estimate of drug-likeness (QED) is 0.712. The van der Waals surface area contributed by atoms with Crippen molar-refractivity contribution in [1.82, 2.24) is 29.8 Å². The summed E-state index contributed by atoms with van der Waals surface area (Å²) in [6.07, 6.45) is 4.98. The van der Waals surface area contributed by atoms with Crippen molar-refractivity contribution in [3.05, 3.63) is 42.2 Å². The van der Waals surface area contributed by atoms with E-state index >= 15 is 0 Å². The van der Waals surface area contributed by atoms with Crippen LogP contribution < -0.4 is 11.1 Å². The number of benzene rings is 1. The van der Waals surface area contributed by atoms with Crippen molar-refractivity contribution in [3.8, 4) is 11.3 Å². The maximum Gasteiger partial charge on any atom is 0.251 e. The molecule has 0 unspecified atom stereocenters. The molecule has 1 fully saturated rings. The first-order valence-electron chi connectivity index (χ1n) is 9.17. The van der Waals surface area contributed by atoms with Gasteiger partial charge in [-0.15, -0.1) is 10.2 Å². The minimum absolute atomic E-state index is 0.0532. The molecule has 0 saturated carbocycles. The van der Waals surface area contributed by atoms with Gasteiger partial charge in [-0.25, -0.2) is 4.98 Å². The van der Waals surface area contributed by atoms with Crippen LogP contribution in [-0.2, 0) is 0 Å². The molecule has 0 spiro atoms. The highest BCUT2D eigenvalue weighted by Crippen LogP contribution is 2.21. The second kappa shape index (κ2) is 7.32. The molecular weight excluding hydrogens is 342 g/mol. The van der Waals surface area contributed by atoms with Crippen LogP contribution in [-0.4, -0.2) is 56.6 Å². The molecule has 4 rings (SSSR count). The standard InChI is InChI=1S/C19H23N7O/c1-25-10-2-3-15(25)8-9-21-18(27)14-6-4-13(5-7-14)16-11-17-24-22-12-26(17)19(20)23-16/h4-7,11-12,15H,2-3,8-10H2,1H3,(H2,20,23)(H,21,27)/t15-/m1/s1. The Morgan fingerprint density at radius 3 is 2.89 bits per heavy atom. The molecule has 1 amide bonds. The van der Waals surface area contributed by atoms with Gasteiger partial charge in [0.05, 0.1) is 5.69 Å². The molecule has 140 valence electrons. The number of nitrogens with two attached hydrogens (primary N) is 1. The topological polar surface area (TPSA) is 101 Å². The fraction of sp³-hybridized carbons (Fsp3) is 0.368. The van der Waals surface area contributed by atoms with Crippen molar-refractivity contribution in [2.45, 2.75) is 25.3 Å². The lowest BCUT2D eigenvalue weighted by Crippen LogP contribution is -2.31. The van der Waals surface area contributed by atoms with Gasteiger partial charge in [-0.05, 0) is 45.0 Å². The molecule has 1 aromatic carbocycles. The molecule has 1 atom stereocenters. The number of fused-ring (bicyclic) bond motifs is 1. The van der Waals surface area contributed by atoms with Crippen LogP contribution in [0.1, 0.15) is 29.6 Å². The minimum Gasteiger partial charge on any atom is -0.369 e. The zero-order chi connectivity index (χ0) is 18.8. The molecule has 1 aliphatic heterocycles. The fourth-order valence-electron chi connectivity index (χ4n) is 3.59. The summed E-state index contributed by atoms with van der Waals surface area (Å²) in [5.74, 6) is 0.272. The summed E-state index contributed by atoms with van der Waals surface area (Å²) >= 11 is 0. The van der Waals surface area contributed by atoms with E-state index in [9.17, 15) is 4.79 Å². The number of nitrogen functional groups attached to an aromatic ring is 1. The van der Waals surface area contributed by atoms with Crippen molar-refractivity contribution < 1.29 is 4.79 Å². The maximum atomic E-state index is 12.4. The molecule has 0 aliphatic carbocycles. The Kier molecular flexibility index (Phi) is 4.72. The number of amides is 1. The molecule has 27 heavy (non-hydrogen) atoms. The van der Waals surface area contributed by atoms with Crippen LogP contribution in [0.25, 0.3) is 16.9 Å². The normalized spacial score (nSPS) is 17.4. The molecule has 2 aromatic heterocycles. The van der Waals surface area contributed by atoms with E-state index in [2.05, 4.69) is 32.4 Å². The monoisotopic (exact) mass is 365 g/mol. The molecule has 0 bridgehead atoms. The van der Waals surface area contributed by atoms with E-state index in [1.807, 2.05) is 18.2 Å². The van der Waals surface area contributed by atoms with Gasteiger partial charge in [-0.3, -0.25) is 9.20 Å². The van der Waals surface area contributed by atoms with Gasteiger partial charge in [0.25, 0.3) is 5.91 Å². The van der Waals surface area contributed by atoms with Gasteiger partial charge in [-0.1, -0.05) is 12.1 Å². The van der Waals surface area contributed by atoms with Crippen LogP contribution in [0, 0.1) is 0 Å². The van der Waals surface area contributed by atoms with Gasteiger partial charge in [-0.2, -0.15) is 0 Å². The predicted molar refractivity (Wildman–Crippen MR) is 103 cm³/mol. The molecule has 3 heterocycles. The van der Waals surface area contributed by atoms with E-state index in [1.54, 1.807) is 16.5 Å². The zero-order valence-electron chi connectivity index (χ0n) is 15.3. The van der Waals surface area contributed by atoms with Crippen molar-refractivity contribution >= 4 is 17.5 Å². The van der Waals surface area contributed by atoms with Crippen LogP contribution >= 0.6 is 0 Å². The summed E-state index contributed by atoms with van der Waals surface area (Å²) in [5.41, 5.74) is 8.78. The summed E-state index contributed by atoms with van der Waals surface area (Å²) in [5, 5.41) is 10.9. The molecule has 3 aromatic rings. The number of carbonyl (C=O) groups excluding carboxylic acids is 1. The first kappa shape index (κ1) is 17.4. The number of aromatic nitrogens is 4. The summed E-state index contributed by atoms with van der Waals surface area (Å²) < 4.78 is 1.62. The van der Waals surface area contributed by atoms with Crippen LogP contribution in [0.4, 0.5) is 5.95 Å². The Bertz CT molecular complexity index is 950. The highest BCUT2D eigenvalue weighted by Gasteiger charge is 2.20. The molecule has 8 nitrogen and oxygen atoms in total. The van der Waals surface area contributed by atoms with Crippen LogP contribution in [0.2, 0.25) is 0 Å². The van der Waals surface area contributed by atoms with Crippen molar-refractivity contribution in [3.63, 3.8) is 0 Å². The van der Waals surface area contributed by atoms with E-state index in [0.29, 0.717) is 35.4 Å². The Hall–Kier alpha value is -3.00. The third-order valence-electron chi connectivity index (χ3n) is 5.20. The third kappa shape index (κ3) is 3.61. The van der Waals surface area contributed by atoms with Crippen molar-refractivity contribution in [2.24, 2.45) is 0 Å². The van der Waals surface area contributed by atoms with Gasteiger partial charge in [0, 0.05) is 29.8 Å². The number of hydrogen-bond acceptors (Lipinski definition) is 6. The average Bonchev–Trinajstić information content (AvgIpc) is 3.31. The zero-order valence-corrected chi connectivity index (χ0v) is 15.3. The molecular formula is C19H23N7O. The summed E-state index contributed by atoms with van der Waals surface area (Å²) in [6.45, 7) is 1.84. The Morgan fingerprint density at radius 1 is 1.33 bits per heavy atom. The number of nitrogens with zero attached hydrogens (tertiary/aromatic N) is 5. The minimum atomic E-state index is -0.0532. The number of likely N-dealkylation sites (tertiary alicyclic amines) is 1. The summed E-state index contributed by atoms with van der Waals surface area (Å²) in [4.78, 5) is 19.1. The number of anilines is 1. The van der Waals surface area contributed by atoms with Crippen molar-refractivity contribution in [1.29, 1.82) is 0 Å². The van der Waals surface area contributed by atoms with E-state index < -0.39 is 0 Å². The van der Waals surface area contributed by atoms with Gasteiger partial charge < -0.3 is 16.0 Å². The van der Waals surface area contributed by atoms with Crippen LogP contribution in [0.15, 0.2) is 36.7 Å². The third-order valence-corrected chi connectivity index (χ3v) is 5.20. The Morgan fingerprint density at radius 2 is 2.15 bits per heavy atom. The molecule has 8 heteroatoms. The van der Waals surface area contributed by atoms with Crippen molar-refractivity contribution in [2.75, 3.05) is 25.9 Å².